The molecule has 2 aliphatic rings. The molecule has 1 N–H and O–H groups in total. The molecule has 7 nitrogen and oxygen atoms in total. The van der Waals surface area contributed by atoms with E-state index in [-0.39, 0.29) is 16.4 Å². The lowest BCUT2D eigenvalue weighted by molar-refractivity contribution is 0.102. The van der Waals surface area contributed by atoms with Crippen molar-refractivity contribution in [2.75, 3.05) is 13.7 Å². The number of nitrogens with zero attached hydrogens (tertiary/aromatic N) is 2. The Hall–Kier alpha value is -3.65. The Bertz CT molecular complexity index is 1410. The summed E-state index contributed by atoms with van der Waals surface area (Å²) in [5.74, 6) is 0.390. The van der Waals surface area contributed by atoms with E-state index in [1.165, 1.54) is 0 Å². The van der Waals surface area contributed by atoms with Crippen molar-refractivity contribution in [2.45, 2.75) is 24.8 Å². The molecule has 3 aromatic rings. The number of nitrogens with one attached hydrogen (secondary N) is 1. The number of Topliss-reactive ketones (excluding diaryl/α,β-unsaturated/α-hetero) is 1. The van der Waals surface area contributed by atoms with Gasteiger partial charge in [-0.05, 0) is 54.8 Å². The van der Waals surface area contributed by atoms with Crippen molar-refractivity contribution >= 4 is 21.5 Å². The van der Waals surface area contributed by atoms with Crippen molar-refractivity contribution < 1.29 is 17.9 Å². The lowest BCUT2D eigenvalue weighted by Gasteiger charge is -2.21. The molecule has 1 aliphatic carbocycles. The monoisotopic (exact) mass is 461 g/mol. The number of rotatable bonds is 6. The number of carbonyl (C=O) groups excluding carboxylic acids is 1. The maximum Gasteiger partial charge on any atom is 0.268 e. The molecule has 8 heteroatoms. The van der Waals surface area contributed by atoms with E-state index in [1.807, 2.05) is 31.2 Å². The molecule has 33 heavy (non-hydrogen) atoms. The molecular weight excluding hydrogens is 438 g/mol. The van der Waals surface area contributed by atoms with Gasteiger partial charge in [0, 0.05) is 24.8 Å². The van der Waals surface area contributed by atoms with Gasteiger partial charge in [-0.1, -0.05) is 29.8 Å². The average Bonchev–Trinajstić information content (AvgIpc) is 3.23. The Morgan fingerprint density at radius 1 is 1.09 bits per heavy atom. The van der Waals surface area contributed by atoms with Gasteiger partial charge in [-0.15, -0.1) is 0 Å². The van der Waals surface area contributed by atoms with E-state index in [4.69, 9.17) is 4.74 Å². The van der Waals surface area contributed by atoms with Crippen molar-refractivity contribution in [2.24, 2.45) is 4.99 Å². The van der Waals surface area contributed by atoms with Crippen molar-refractivity contribution in [3.05, 3.63) is 94.4 Å². The molecule has 1 aromatic heterocycles. The quantitative estimate of drug-likeness (QED) is 0.609. The number of hydrogen-bond donors (Lipinski definition) is 1. The third kappa shape index (κ3) is 3.66. The highest BCUT2D eigenvalue weighted by molar-refractivity contribution is 7.90. The van der Waals surface area contributed by atoms with Gasteiger partial charge in [-0.2, -0.15) is 0 Å². The van der Waals surface area contributed by atoms with Crippen LogP contribution in [0.5, 0.6) is 5.75 Å². The van der Waals surface area contributed by atoms with Gasteiger partial charge in [-0.3, -0.25) is 9.79 Å². The van der Waals surface area contributed by atoms with Crippen LogP contribution >= 0.6 is 0 Å². The number of aryl methyl sites for hydroxylation is 1. The first-order valence-corrected chi connectivity index (χ1v) is 12.1. The van der Waals surface area contributed by atoms with Gasteiger partial charge in [-0.25, -0.2) is 12.4 Å². The Labute approximate surface area is 192 Å². The van der Waals surface area contributed by atoms with Gasteiger partial charge >= 0.3 is 0 Å². The number of ether oxygens (including phenoxy) is 1. The van der Waals surface area contributed by atoms with E-state index in [2.05, 4.69) is 10.3 Å². The molecule has 0 saturated carbocycles. The lowest BCUT2D eigenvalue weighted by Crippen LogP contribution is -2.30. The first kappa shape index (κ1) is 21.2. The van der Waals surface area contributed by atoms with Crippen molar-refractivity contribution in [3.63, 3.8) is 0 Å². The smallest absolute Gasteiger partial charge is 0.268 e. The first-order chi connectivity index (χ1) is 15.9. The maximum absolute atomic E-state index is 13.5. The van der Waals surface area contributed by atoms with Crippen molar-refractivity contribution in [1.29, 1.82) is 0 Å². The number of carbonyl (C=O) groups is 1. The third-order valence-electron chi connectivity index (χ3n) is 5.93. The predicted molar refractivity (Wildman–Crippen MR) is 126 cm³/mol. The summed E-state index contributed by atoms with van der Waals surface area (Å²) in [6.07, 6.45) is 3.89. The van der Waals surface area contributed by atoms with Crippen LogP contribution in [0, 0.1) is 6.92 Å². The van der Waals surface area contributed by atoms with Crippen LogP contribution in [0.4, 0.5) is 0 Å². The molecule has 1 aliphatic heterocycles. The van der Waals surface area contributed by atoms with E-state index in [1.54, 1.807) is 43.6 Å². The molecule has 0 bridgehead atoms. The number of hydrogen-bond acceptors (Lipinski definition) is 6. The van der Waals surface area contributed by atoms with Crippen molar-refractivity contribution in [1.82, 2.24) is 9.29 Å². The summed E-state index contributed by atoms with van der Waals surface area (Å²) in [5, 5.41) is 3.17. The molecule has 2 heterocycles. The minimum absolute atomic E-state index is 0.142. The fourth-order valence-corrected chi connectivity index (χ4v) is 5.52. The fraction of sp³-hybridized carbons (Fsp3) is 0.200. The molecule has 0 saturated heterocycles. The summed E-state index contributed by atoms with van der Waals surface area (Å²) >= 11 is 0. The molecular formula is C25H23N3O4S. The predicted octanol–water partition coefficient (Wildman–Crippen LogP) is 3.26. The summed E-state index contributed by atoms with van der Waals surface area (Å²) in [4.78, 5) is 18.2. The van der Waals surface area contributed by atoms with Gasteiger partial charge < -0.3 is 10.1 Å². The molecule has 0 amide bonds. The fourth-order valence-electron chi connectivity index (χ4n) is 4.13. The molecule has 168 valence electrons. The van der Waals surface area contributed by atoms with Crippen LogP contribution in [0.1, 0.15) is 32.7 Å². The SMILES string of the molecule is COc1ccc(CNC2=CC3=NCCc4cn(S(=O)(=O)c5ccc(C)cc5)c(c43)C2=O)cc1. The van der Waals surface area contributed by atoms with E-state index in [9.17, 15) is 13.2 Å². The Balaban J connectivity index is 1.52. The molecule has 0 atom stereocenters. The highest BCUT2D eigenvalue weighted by atomic mass is 32.2. The third-order valence-corrected chi connectivity index (χ3v) is 7.61. The second kappa shape index (κ2) is 8.04. The van der Waals surface area contributed by atoms with Crippen LogP contribution in [0.3, 0.4) is 0 Å². The lowest BCUT2D eigenvalue weighted by atomic mass is 9.92. The van der Waals surface area contributed by atoms with Crippen LogP contribution in [0.2, 0.25) is 0 Å². The van der Waals surface area contributed by atoms with E-state index < -0.39 is 10.0 Å². The van der Waals surface area contributed by atoms with E-state index in [0.29, 0.717) is 36.5 Å². The number of benzene rings is 2. The zero-order chi connectivity index (χ0) is 23.2. The Morgan fingerprint density at radius 3 is 2.52 bits per heavy atom. The van der Waals surface area contributed by atoms with Gasteiger partial charge in [0.2, 0.25) is 5.78 Å². The molecule has 0 radical (unpaired) electrons. The number of aromatic nitrogens is 1. The topological polar surface area (TPSA) is 89.8 Å². The minimum atomic E-state index is -3.94. The summed E-state index contributed by atoms with van der Waals surface area (Å²) in [7, 11) is -2.33. The Morgan fingerprint density at radius 2 is 1.82 bits per heavy atom. The van der Waals surface area contributed by atoms with E-state index in [0.717, 1.165) is 26.4 Å². The van der Waals surface area contributed by atoms with Crippen LogP contribution in [0.15, 0.2) is 76.4 Å². The number of aliphatic imine (C=N–C) groups is 1. The molecule has 2 aromatic carbocycles. The van der Waals surface area contributed by atoms with Crippen LogP contribution in [-0.4, -0.2) is 37.5 Å². The summed E-state index contributed by atoms with van der Waals surface area (Å²) in [5.41, 5.74) is 4.47. The minimum Gasteiger partial charge on any atom is -0.497 e. The molecule has 0 spiro atoms. The number of allylic oxidation sites excluding steroid dienone is 2. The van der Waals surface area contributed by atoms with Crippen molar-refractivity contribution in [3.8, 4) is 5.75 Å². The molecule has 0 unspecified atom stereocenters. The van der Waals surface area contributed by atoms with Gasteiger partial charge in [0.25, 0.3) is 10.0 Å². The number of methoxy groups -OCH3 is 1. The molecule has 5 rings (SSSR count). The zero-order valence-electron chi connectivity index (χ0n) is 18.3. The summed E-state index contributed by atoms with van der Waals surface area (Å²) < 4.78 is 33.3. The van der Waals surface area contributed by atoms with Gasteiger partial charge in [0.05, 0.1) is 23.4 Å². The highest BCUT2D eigenvalue weighted by Gasteiger charge is 2.36. The summed E-state index contributed by atoms with van der Waals surface area (Å²) in [6, 6.07) is 14.1. The van der Waals surface area contributed by atoms with Crippen LogP contribution in [-0.2, 0) is 23.0 Å². The normalized spacial score (nSPS) is 14.9. The zero-order valence-corrected chi connectivity index (χ0v) is 19.1. The second-order valence-corrected chi connectivity index (χ2v) is 9.91. The first-order valence-electron chi connectivity index (χ1n) is 10.6. The van der Waals surface area contributed by atoms with E-state index >= 15 is 0 Å². The highest BCUT2D eigenvalue weighted by Crippen LogP contribution is 2.32. The van der Waals surface area contributed by atoms with Crippen LogP contribution < -0.4 is 10.1 Å². The summed E-state index contributed by atoms with van der Waals surface area (Å²) in [6.45, 7) is 2.85. The van der Waals surface area contributed by atoms with Gasteiger partial charge in [0.15, 0.2) is 0 Å². The standard InChI is InChI=1S/C25H23N3O4S/c1-16-3-9-20(10-4-16)33(30,31)28-15-18-11-12-26-21-13-22(25(29)24(28)23(18)21)27-14-17-5-7-19(32-2)8-6-17/h3-10,13,15,27H,11-12,14H2,1-2H3. The molecule has 0 fully saturated rings. The Kier molecular flexibility index (Phi) is 5.17. The van der Waals surface area contributed by atoms with Gasteiger partial charge in [0.1, 0.15) is 11.4 Å². The van der Waals surface area contributed by atoms with Crippen LogP contribution in [0.25, 0.3) is 0 Å². The maximum atomic E-state index is 13.5. The number of ketones is 1. The largest absolute Gasteiger partial charge is 0.497 e. The second-order valence-electron chi connectivity index (χ2n) is 8.10. The average molecular weight is 462 g/mol.